The summed E-state index contributed by atoms with van der Waals surface area (Å²) in [6, 6.07) is 6.62. The summed E-state index contributed by atoms with van der Waals surface area (Å²) in [7, 11) is 0. The molecule has 10 heteroatoms. The van der Waals surface area contributed by atoms with Crippen LogP contribution in [-0.4, -0.2) is 57.4 Å². The highest BCUT2D eigenvalue weighted by Crippen LogP contribution is 2.45. The van der Waals surface area contributed by atoms with Crippen LogP contribution in [0.3, 0.4) is 0 Å². The number of benzene rings is 1. The number of hydrogen-bond acceptors (Lipinski definition) is 7. The van der Waals surface area contributed by atoms with Gasteiger partial charge in [0.25, 0.3) is 0 Å². The van der Waals surface area contributed by atoms with E-state index >= 15 is 0 Å². The standard InChI is InChI=1S/C31H41N5O4S/c1-6-7-8-24(35-29(40)31(17-32)11-12-31)28(39)36-16-22(37)14-25(36)27(38)33-15-21-10-9-20(13-23(21)30(3,4)5)26-19(2)34-18-41-26/h9-10,13,18,22,24-25,37H,6-8,11-12,14-16H2,1-5H3,(H,33,38)(H,35,40). The average molecular weight is 580 g/mol. The van der Waals surface area contributed by atoms with Gasteiger partial charge in [0, 0.05) is 19.5 Å². The van der Waals surface area contributed by atoms with E-state index in [1.54, 1.807) is 11.3 Å². The zero-order valence-electron chi connectivity index (χ0n) is 24.6. The number of β-amino-alcohol motifs (C(OH)–C–C–N with tert-alkyl or cyclic N) is 1. The molecule has 1 saturated carbocycles. The van der Waals surface area contributed by atoms with Crippen LogP contribution in [0.15, 0.2) is 23.7 Å². The number of amides is 3. The minimum absolute atomic E-state index is 0.0228. The zero-order valence-corrected chi connectivity index (χ0v) is 25.4. The third-order valence-electron chi connectivity index (χ3n) is 8.09. The van der Waals surface area contributed by atoms with E-state index in [1.807, 2.05) is 31.5 Å². The number of aliphatic hydroxyl groups is 1. The molecule has 0 spiro atoms. The van der Waals surface area contributed by atoms with Crippen LogP contribution in [0.4, 0.5) is 0 Å². The normalized spacial score (nSPS) is 20.3. The number of aryl methyl sites for hydroxylation is 1. The average Bonchev–Trinajstić information content (AvgIpc) is 3.48. The Labute approximate surface area is 246 Å². The summed E-state index contributed by atoms with van der Waals surface area (Å²) < 4.78 is 0. The van der Waals surface area contributed by atoms with E-state index < -0.39 is 35.4 Å². The molecule has 3 amide bonds. The molecular formula is C31H41N5O4S. The van der Waals surface area contributed by atoms with Crippen molar-refractivity contribution >= 4 is 29.1 Å². The molecule has 1 aliphatic carbocycles. The Kier molecular flexibility index (Phi) is 9.19. The van der Waals surface area contributed by atoms with Gasteiger partial charge in [-0.05, 0) is 54.4 Å². The van der Waals surface area contributed by atoms with Gasteiger partial charge in [0.2, 0.25) is 17.7 Å². The minimum atomic E-state index is -1.05. The largest absolute Gasteiger partial charge is 0.391 e. The Morgan fingerprint density at radius 1 is 1.29 bits per heavy atom. The Balaban J connectivity index is 1.49. The number of carbonyl (C=O) groups is 3. The molecule has 3 unspecified atom stereocenters. The van der Waals surface area contributed by atoms with Crippen LogP contribution in [0.5, 0.6) is 0 Å². The number of nitriles is 1. The molecule has 1 aliphatic heterocycles. The number of unbranched alkanes of at least 4 members (excludes halogenated alkanes) is 1. The highest BCUT2D eigenvalue weighted by atomic mass is 32.1. The predicted molar refractivity (Wildman–Crippen MR) is 158 cm³/mol. The molecule has 2 fully saturated rings. The first kappa shape index (κ1) is 30.7. The SMILES string of the molecule is CCCCC(NC(=O)C1(C#N)CC1)C(=O)N1CC(O)CC1C(=O)NCc1ccc(-c2scnc2C)cc1C(C)(C)C. The molecule has 41 heavy (non-hydrogen) atoms. The molecule has 2 aromatic rings. The molecule has 4 rings (SSSR count). The van der Waals surface area contributed by atoms with Gasteiger partial charge in [-0.1, -0.05) is 52.7 Å². The van der Waals surface area contributed by atoms with E-state index in [0.717, 1.165) is 33.7 Å². The van der Waals surface area contributed by atoms with Gasteiger partial charge in [-0.2, -0.15) is 5.26 Å². The van der Waals surface area contributed by atoms with E-state index in [4.69, 9.17) is 0 Å². The molecule has 9 nitrogen and oxygen atoms in total. The Morgan fingerprint density at radius 3 is 2.61 bits per heavy atom. The van der Waals surface area contributed by atoms with E-state index in [-0.39, 0.29) is 30.8 Å². The van der Waals surface area contributed by atoms with Crippen LogP contribution < -0.4 is 10.6 Å². The zero-order chi connectivity index (χ0) is 29.9. The van der Waals surface area contributed by atoms with E-state index in [2.05, 4.69) is 48.5 Å². The van der Waals surface area contributed by atoms with Gasteiger partial charge in [-0.15, -0.1) is 11.3 Å². The summed E-state index contributed by atoms with van der Waals surface area (Å²) in [5.74, 6) is -1.16. The first-order valence-electron chi connectivity index (χ1n) is 14.4. The molecule has 3 N–H and O–H groups in total. The molecular weight excluding hydrogens is 538 g/mol. The predicted octanol–water partition coefficient (Wildman–Crippen LogP) is 3.97. The number of likely N-dealkylation sites (tertiary alicyclic amines) is 1. The van der Waals surface area contributed by atoms with Crippen LogP contribution in [0.25, 0.3) is 10.4 Å². The molecule has 0 bridgehead atoms. The number of nitrogens with zero attached hydrogens (tertiary/aromatic N) is 3. The van der Waals surface area contributed by atoms with Gasteiger partial charge in [0.1, 0.15) is 17.5 Å². The van der Waals surface area contributed by atoms with Crippen molar-refractivity contribution in [2.24, 2.45) is 5.41 Å². The van der Waals surface area contributed by atoms with Gasteiger partial charge >= 0.3 is 0 Å². The number of nitrogens with one attached hydrogen (secondary N) is 2. The van der Waals surface area contributed by atoms with Crippen molar-refractivity contribution in [2.75, 3.05) is 6.54 Å². The second kappa shape index (κ2) is 12.3. The maximum atomic E-state index is 13.7. The van der Waals surface area contributed by atoms with Crippen molar-refractivity contribution in [1.29, 1.82) is 5.26 Å². The number of thiazole rings is 1. The maximum Gasteiger partial charge on any atom is 0.245 e. The highest BCUT2D eigenvalue weighted by Gasteiger charge is 2.52. The fourth-order valence-electron chi connectivity index (χ4n) is 5.43. The van der Waals surface area contributed by atoms with Crippen molar-refractivity contribution in [3.63, 3.8) is 0 Å². The van der Waals surface area contributed by atoms with Crippen LogP contribution in [0.2, 0.25) is 0 Å². The van der Waals surface area contributed by atoms with Crippen molar-refractivity contribution < 1.29 is 19.5 Å². The fourth-order valence-corrected chi connectivity index (χ4v) is 6.23. The van der Waals surface area contributed by atoms with Gasteiger partial charge in [-0.3, -0.25) is 14.4 Å². The minimum Gasteiger partial charge on any atom is -0.391 e. The number of aromatic nitrogens is 1. The molecule has 1 aromatic carbocycles. The summed E-state index contributed by atoms with van der Waals surface area (Å²) in [5.41, 5.74) is 4.77. The maximum absolute atomic E-state index is 13.7. The van der Waals surface area contributed by atoms with Gasteiger partial charge in [0.05, 0.1) is 28.3 Å². The first-order valence-corrected chi connectivity index (χ1v) is 15.3. The fraction of sp³-hybridized carbons (Fsp3) is 0.581. The topological polar surface area (TPSA) is 135 Å². The third kappa shape index (κ3) is 6.79. The van der Waals surface area contributed by atoms with Gasteiger partial charge in [0.15, 0.2) is 0 Å². The molecule has 2 aliphatic rings. The van der Waals surface area contributed by atoms with Crippen LogP contribution in [-0.2, 0) is 26.3 Å². The molecule has 3 atom stereocenters. The molecule has 1 aromatic heterocycles. The lowest BCUT2D eigenvalue weighted by Crippen LogP contribution is -2.54. The summed E-state index contributed by atoms with van der Waals surface area (Å²) in [5, 5.41) is 25.7. The van der Waals surface area contributed by atoms with Crippen LogP contribution >= 0.6 is 11.3 Å². The van der Waals surface area contributed by atoms with Gasteiger partial charge < -0.3 is 20.6 Å². The van der Waals surface area contributed by atoms with Crippen molar-refractivity contribution in [1.82, 2.24) is 20.5 Å². The molecule has 1 saturated heterocycles. The Bertz CT molecular complexity index is 1340. The van der Waals surface area contributed by atoms with E-state index in [0.29, 0.717) is 25.7 Å². The lowest BCUT2D eigenvalue weighted by atomic mass is 9.82. The van der Waals surface area contributed by atoms with Gasteiger partial charge in [-0.25, -0.2) is 4.98 Å². The lowest BCUT2D eigenvalue weighted by molar-refractivity contribution is -0.142. The monoisotopic (exact) mass is 579 g/mol. The quantitative estimate of drug-likeness (QED) is 0.390. The summed E-state index contributed by atoms with van der Waals surface area (Å²) >= 11 is 1.60. The Morgan fingerprint density at radius 2 is 2.02 bits per heavy atom. The number of aliphatic hydroxyl groups excluding tert-OH is 1. The summed E-state index contributed by atoms with van der Waals surface area (Å²) in [6.07, 6.45) is 2.20. The van der Waals surface area contributed by atoms with E-state index in [9.17, 15) is 24.8 Å². The number of rotatable bonds is 10. The van der Waals surface area contributed by atoms with Crippen molar-refractivity contribution in [2.45, 2.75) is 103 Å². The van der Waals surface area contributed by atoms with Crippen molar-refractivity contribution in [3.05, 3.63) is 40.5 Å². The molecule has 0 radical (unpaired) electrons. The Hall–Kier alpha value is -3.29. The first-order chi connectivity index (χ1) is 19.4. The van der Waals surface area contributed by atoms with Crippen LogP contribution in [0.1, 0.15) is 83.0 Å². The number of carbonyl (C=O) groups excluding carboxylic acids is 3. The second-order valence-corrected chi connectivity index (χ2v) is 13.2. The highest BCUT2D eigenvalue weighted by molar-refractivity contribution is 7.13. The molecule has 220 valence electrons. The van der Waals surface area contributed by atoms with Crippen LogP contribution in [0, 0.1) is 23.7 Å². The van der Waals surface area contributed by atoms with E-state index in [1.165, 1.54) is 4.90 Å². The third-order valence-corrected chi connectivity index (χ3v) is 9.07. The summed E-state index contributed by atoms with van der Waals surface area (Å²) in [4.78, 5) is 46.8. The van der Waals surface area contributed by atoms with Crippen molar-refractivity contribution in [3.8, 4) is 16.5 Å². The molecule has 2 heterocycles. The lowest BCUT2D eigenvalue weighted by Gasteiger charge is -2.29. The second-order valence-electron chi connectivity index (χ2n) is 12.4. The summed E-state index contributed by atoms with van der Waals surface area (Å²) in [6.45, 7) is 10.7. The number of hydrogen-bond donors (Lipinski definition) is 3. The smallest absolute Gasteiger partial charge is 0.245 e.